The Balaban J connectivity index is 3.32. The van der Waals surface area contributed by atoms with Gasteiger partial charge in [-0.3, -0.25) is 0 Å². The summed E-state index contributed by atoms with van der Waals surface area (Å²) in [5, 5.41) is 8.57. The van der Waals surface area contributed by atoms with E-state index in [4.69, 9.17) is 5.11 Å². The predicted octanol–water partition coefficient (Wildman–Crippen LogP) is 2.97. The molecule has 1 aromatic rings. The molecule has 0 heterocycles. The van der Waals surface area contributed by atoms with Crippen LogP contribution >= 0.6 is 0 Å². The van der Waals surface area contributed by atoms with Crippen LogP contribution in [0.15, 0.2) is 18.2 Å². The number of benzene rings is 1. The van der Waals surface area contributed by atoms with Gasteiger partial charge >= 0.3 is 12.1 Å². The van der Waals surface area contributed by atoms with Gasteiger partial charge < -0.3 is 5.11 Å². The van der Waals surface area contributed by atoms with Crippen molar-refractivity contribution in [3.05, 3.63) is 34.9 Å². The van der Waals surface area contributed by atoms with Crippen molar-refractivity contribution in [2.24, 2.45) is 0 Å². The molecule has 0 bridgehead atoms. The Morgan fingerprint density at radius 3 is 2.40 bits per heavy atom. The van der Waals surface area contributed by atoms with Gasteiger partial charge in [-0.25, -0.2) is 4.79 Å². The third-order valence-electron chi connectivity index (χ3n) is 2.04. The second-order valence-electron chi connectivity index (χ2n) is 3.03. The van der Waals surface area contributed by atoms with Crippen LogP contribution in [0.5, 0.6) is 0 Å². The van der Waals surface area contributed by atoms with E-state index in [1.54, 1.807) is 6.92 Å². The number of rotatable bonds is 2. The molecule has 0 fully saturated rings. The van der Waals surface area contributed by atoms with Crippen LogP contribution in [0.2, 0.25) is 0 Å². The van der Waals surface area contributed by atoms with Crippen molar-refractivity contribution in [1.82, 2.24) is 0 Å². The van der Waals surface area contributed by atoms with Crippen LogP contribution in [0, 0.1) is 0 Å². The van der Waals surface area contributed by atoms with Crippen LogP contribution in [0.3, 0.4) is 0 Å². The summed E-state index contributed by atoms with van der Waals surface area (Å²) in [6.07, 6.45) is -4.29. The van der Waals surface area contributed by atoms with Gasteiger partial charge in [-0.15, -0.1) is 0 Å². The summed E-state index contributed by atoms with van der Waals surface area (Å²) in [6.45, 7) is 1.59. The molecule has 2 nitrogen and oxygen atoms in total. The molecule has 0 unspecified atom stereocenters. The molecular formula is C10H9F3O2. The predicted molar refractivity (Wildman–Crippen MR) is 47.8 cm³/mol. The fourth-order valence-corrected chi connectivity index (χ4v) is 1.28. The zero-order valence-electron chi connectivity index (χ0n) is 7.93. The standard InChI is InChI=1S/C10H9F3O2/c1-2-6-3-4-7(9(14)15)5-8(6)10(11,12)13/h3-5H,2H2,1H3,(H,14,15). The highest BCUT2D eigenvalue weighted by molar-refractivity contribution is 5.87. The molecule has 15 heavy (non-hydrogen) atoms. The molecule has 0 aliphatic carbocycles. The number of alkyl halides is 3. The number of carboxylic acid groups (broad SMARTS) is 1. The lowest BCUT2D eigenvalue weighted by atomic mass is 10.0. The Morgan fingerprint density at radius 2 is 2.00 bits per heavy atom. The van der Waals surface area contributed by atoms with Gasteiger partial charge in [0.15, 0.2) is 0 Å². The highest BCUT2D eigenvalue weighted by atomic mass is 19.4. The molecule has 82 valence electrons. The van der Waals surface area contributed by atoms with Gasteiger partial charge in [0.05, 0.1) is 11.1 Å². The first kappa shape index (κ1) is 11.6. The Bertz CT molecular complexity index is 383. The normalized spacial score (nSPS) is 11.5. The van der Waals surface area contributed by atoms with Crippen LogP contribution < -0.4 is 0 Å². The van der Waals surface area contributed by atoms with Gasteiger partial charge in [-0.2, -0.15) is 13.2 Å². The summed E-state index contributed by atoms with van der Waals surface area (Å²) in [5.41, 5.74) is -1.11. The Labute approximate surface area is 84.3 Å². The van der Waals surface area contributed by atoms with Crippen molar-refractivity contribution in [2.75, 3.05) is 0 Å². The van der Waals surface area contributed by atoms with Gasteiger partial charge in [-0.1, -0.05) is 13.0 Å². The minimum Gasteiger partial charge on any atom is -0.478 e. The SMILES string of the molecule is CCc1ccc(C(=O)O)cc1C(F)(F)F. The van der Waals surface area contributed by atoms with Gasteiger partial charge in [0.2, 0.25) is 0 Å². The second kappa shape index (κ2) is 3.92. The molecule has 1 aromatic carbocycles. The maximum atomic E-state index is 12.5. The first-order valence-electron chi connectivity index (χ1n) is 4.29. The van der Waals surface area contributed by atoms with E-state index in [2.05, 4.69) is 0 Å². The van der Waals surface area contributed by atoms with Gasteiger partial charge in [0.1, 0.15) is 0 Å². The molecule has 0 aliphatic rings. The monoisotopic (exact) mass is 218 g/mol. The van der Waals surface area contributed by atoms with E-state index in [0.29, 0.717) is 6.07 Å². The van der Waals surface area contributed by atoms with E-state index in [1.165, 1.54) is 12.1 Å². The van der Waals surface area contributed by atoms with Gasteiger partial charge in [-0.05, 0) is 24.1 Å². The van der Waals surface area contributed by atoms with Crippen LogP contribution in [-0.4, -0.2) is 11.1 Å². The molecule has 1 N–H and O–H groups in total. The zero-order chi connectivity index (χ0) is 11.6. The summed E-state index contributed by atoms with van der Waals surface area (Å²) in [7, 11) is 0. The fraction of sp³-hybridized carbons (Fsp3) is 0.300. The third-order valence-corrected chi connectivity index (χ3v) is 2.04. The Kier molecular flexibility index (Phi) is 3.02. The number of aryl methyl sites for hydroxylation is 1. The molecule has 5 heteroatoms. The van der Waals surface area contributed by atoms with Gasteiger partial charge in [0, 0.05) is 0 Å². The van der Waals surface area contributed by atoms with E-state index < -0.39 is 17.7 Å². The minimum absolute atomic E-state index is 0.104. The van der Waals surface area contributed by atoms with Crippen molar-refractivity contribution >= 4 is 5.97 Å². The van der Waals surface area contributed by atoms with Crippen molar-refractivity contribution in [3.63, 3.8) is 0 Å². The van der Waals surface area contributed by atoms with E-state index in [0.717, 1.165) is 0 Å². The molecular weight excluding hydrogens is 209 g/mol. The number of aromatic carboxylic acids is 1. The molecule has 0 aromatic heterocycles. The molecule has 0 saturated heterocycles. The maximum Gasteiger partial charge on any atom is 0.416 e. The highest BCUT2D eigenvalue weighted by Crippen LogP contribution is 2.32. The van der Waals surface area contributed by atoms with Gasteiger partial charge in [0.25, 0.3) is 0 Å². The smallest absolute Gasteiger partial charge is 0.416 e. The first-order chi connectivity index (χ1) is 6.86. The molecule has 0 aliphatic heterocycles. The molecule has 0 radical (unpaired) electrons. The second-order valence-corrected chi connectivity index (χ2v) is 3.03. The lowest BCUT2D eigenvalue weighted by Crippen LogP contribution is -2.11. The zero-order valence-corrected chi connectivity index (χ0v) is 7.93. The third kappa shape index (κ3) is 2.49. The average molecular weight is 218 g/mol. The summed E-state index contributed by atoms with van der Waals surface area (Å²) in [4.78, 5) is 10.5. The van der Waals surface area contributed by atoms with E-state index in [9.17, 15) is 18.0 Å². The average Bonchev–Trinajstić information content (AvgIpc) is 2.15. The quantitative estimate of drug-likeness (QED) is 0.828. The van der Waals surface area contributed by atoms with E-state index >= 15 is 0 Å². The number of carbonyl (C=O) groups is 1. The Morgan fingerprint density at radius 1 is 1.40 bits per heavy atom. The number of carboxylic acids is 1. The minimum atomic E-state index is -4.50. The summed E-state index contributed by atoms with van der Waals surface area (Å²) < 4.78 is 37.5. The molecule has 0 saturated carbocycles. The molecule has 0 amide bonds. The fourth-order valence-electron chi connectivity index (χ4n) is 1.28. The molecule has 0 spiro atoms. The number of hydrogen-bond donors (Lipinski definition) is 1. The number of halogens is 3. The lowest BCUT2D eigenvalue weighted by molar-refractivity contribution is -0.138. The first-order valence-corrected chi connectivity index (χ1v) is 4.29. The van der Waals surface area contributed by atoms with Crippen molar-refractivity contribution < 1.29 is 23.1 Å². The van der Waals surface area contributed by atoms with E-state index in [-0.39, 0.29) is 17.5 Å². The van der Waals surface area contributed by atoms with Crippen LogP contribution in [-0.2, 0) is 12.6 Å². The van der Waals surface area contributed by atoms with Crippen LogP contribution in [0.25, 0.3) is 0 Å². The van der Waals surface area contributed by atoms with Crippen molar-refractivity contribution in [3.8, 4) is 0 Å². The highest BCUT2D eigenvalue weighted by Gasteiger charge is 2.33. The van der Waals surface area contributed by atoms with Crippen molar-refractivity contribution in [2.45, 2.75) is 19.5 Å². The lowest BCUT2D eigenvalue weighted by Gasteiger charge is -2.12. The van der Waals surface area contributed by atoms with Crippen LogP contribution in [0.1, 0.15) is 28.4 Å². The maximum absolute atomic E-state index is 12.5. The largest absolute Gasteiger partial charge is 0.478 e. The van der Waals surface area contributed by atoms with E-state index in [1.807, 2.05) is 0 Å². The Hall–Kier alpha value is -1.52. The summed E-state index contributed by atoms with van der Waals surface area (Å²) in [5.74, 6) is -1.36. The van der Waals surface area contributed by atoms with Crippen LogP contribution in [0.4, 0.5) is 13.2 Å². The molecule has 0 atom stereocenters. The summed E-state index contributed by atoms with van der Waals surface area (Å²) in [6, 6.07) is 3.05. The summed E-state index contributed by atoms with van der Waals surface area (Å²) >= 11 is 0. The topological polar surface area (TPSA) is 37.3 Å². The number of hydrogen-bond acceptors (Lipinski definition) is 1. The molecule has 1 rings (SSSR count). The van der Waals surface area contributed by atoms with Crippen molar-refractivity contribution in [1.29, 1.82) is 0 Å².